The highest BCUT2D eigenvalue weighted by Crippen LogP contribution is 2.34. The molecular weight excluding hydrogens is 366 g/mol. The number of alkyl halides is 2. The maximum absolute atomic E-state index is 12.1. The van der Waals surface area contributed by atoms with Gasteiger partial charge in [0.2, 0.25) is 0 Å². The van der Waals surface area contributed by atoms with Gasteiger partial charge in [0.25, 0.3) is 0 Å². The van der Waals surface area contributed by atoms with Crippen LogP contribution in [0.1, 0.15) is 5.56 Å². The fourth-order valence-corrected chi connectivity index (χ4v) is 1.96. The van der Waals surface area contributed by atoms with Crippen LogP contribution >= 0.6 is 31.9 Å². The number of ether oxygens (including phenoxy) is 1. The molecule has 0 amide bonds. The van der Waals surface area contributed by atoms with Crippen molar-refractivity contribution in [1.29, 1.82) is 0 Å². The third-order valence-electron chi connectivity index (χ3n) is 1.65. The summed E-state index contributed by atoms with van der Waals surface area (Å²) in [6, 6.07) is 2.93. The molecule has 1 aromatic carbocycles. The Hall–Kier alpha value is -0.950. The van der Waals surface area contributed by atoms with Crippen LogP contribution < -0.4 is 4.74 Å². The van der Waals surface area contributed by atoms with Crippen LogP contribution in [-0.4, -0.2) is 17.7 Å². The van der Waals surface area contributed by atoms with Gasteiger partial charge < -0.3 is 9.84 Å². The molecule has 0 unspecified atom stereocenters. The fraction of sp³-hybridized carbons (Fsp3) is 0.100. The fourth-order valence-electron chi connectivity index (χ4n) is 1.05. The normalized spacial score (nSPS) is 11.1. The van der Waals surface area contributed by atoms with Gasteiger partial charge in [-0.1, -0.05) is 15.9 Å². The lowest BCUT2D eigenvalue weighted by Crippen LogP contribution is -2.03. The zero-order chi connectivity index (χ0) is 13.0. The van der Waals surface area contributed by atoms with E-state index < -0.39 is 12.6 Å². The van der Waals surface area contributed by atoms with E-state index in [1.54, 1.807) is 6.07 Å². The molecule has 0 atom stereocenters. The highest BCUT2D eigenvalue weighted by atomic mass is 79.9. The number of aliphatic carboxylic acids is 1. The van der Waals surface area contributed by atoms with Crippen LogP contribution in [-0.2, 0) is 4.79 Å². The molecule has 0 aliphatic carbocycles. The Labute approximate surface area is 112 Å². The van der Waals surface area contributed by atoms with Crippen molar-refractivity contribution in [2.75, 3.05) is 0 Å². The Morgan fingerprint density at radius 3 is 2.59 bits per heavy atom. The van der Waals surface area contributed by atoms with Crippen molar-refractivity contribution in [2.45, 2.75) is 6.61 Å². The summed E-state index contributed by atoms with van der Waals surface area (Å²) in [6.45, 7) is -2.95. The number of carboxylic acids is 1. The van der Waals surface area contributed by atoms with Gasteiger partial charge in [-0.25, -0.2) is 4.79 Å². The largest absolute Gasteiger partial charge is 0.478 e. The minimum Gasteiger partial charge on any atom is -0.478 e. The first-order valence-corrected chi connectivity index (χ1v) is 5.83. The maximum atomic E-state index is 12.1. The quantitative estimate of drug-likeness (QED) is 0.816. The summed E-state index contributed by atoms with van der Waals surface area (Å²) in [5.74, 6) is -1.20. The molecule has 17 heavy (non-hydrogen) atoms. The van der Waals surface area contributed by atoms with Crippen molar-refractivity contribution in [3.63, 3.8) is 0 Å². The van der Waals surface area contributed by atoms with Crippen LogP contribution in [0.15, 0.2) is 27.2 Å². The molecule has 0 aliphatic heterocycles. The Morgan fingerprint density at radius 2 is 2.06 bits per heavy atom. The van der Waals surface area contributed by atoms with Crippen molar-refractivity contribution >= 4 is 43.9 Å². The molecule has 7 heteroatoms. The second kappa shape index (κ2) is 6.11. The zero-order valence-corrected chi connectivity index (χ0v) is 11.3. The van der Waals surface area contributed by atoms with Crippen LogP contribution in [0.4, 0.5) is 8.78 Å². The molecule has 3 nitrogen and oxygen atoms in total. The van der Waals surface area contributed by atoms with E-state index in [2.05, 4.69) is 36.6 Å². The van der Waals surface area contributed by atoms with Gasteiger partial charge in [0.05, 0.1) is 4.47 Å². The number of carbonyl (C=O) groups is 1. The van der Waals surface area contributed by atoms with Crippen LogP contribution in [0.25, 0.3) is 6.08 Å². The maximum Gasteiger partial charge on any atom is 0.387 e. The van der Waals surface area contributed by atoms with E-state index in [-0.39, 0.29) is 10.2 Å². The van der Waals surface area contributed by atoms with Gasteiger partial charge in [0, 0.05) is 10.5 Å². The molecule has 0 heterocycles. The standard InChI is InChI=1S/C10H6Br2F2O3/c11-6-3-5(1-2-8(15)16)9(12)7(4-6)17-10(13)14/h1-4,10H,(H,15,16)/b2-1+. The number of benzene rings is 1. The lowest BCUT2D eigenvalue weighted by Gasteiger charge is -2.09. The molecule has 1 aromatic rings. The highest BCUT2D eigenvalue weighted by Gasteiger charge is 2.12. The summed E-state index contributed by atoms with van der Waals surface area (Å²) < 4.78 is 29.3. The van der Waals surface area contributed by atoms with E-state index in [9.17, 15) is 13.6 Å². The molecule has 1 rings (SSSR count). The first-order chi connectivity index (χ1) is 7.90. The monoisotopic (exact) mass is 370 g/mol. The lowest BCUT2D eigenvalue weighted by molar-refractivity contribution is -0.131. The van der Waals surface area contributed by atoms with E-state index in [4.69, 9.17) is 5.11 Å². The smallest absolute Gasteiger partial charge is 0.387 e. The minimum absolute atomic E-state index is 0.0700. The second-order valence-electron chi connectivity index (χ2n) is 2.86. The Kier molecular flexibility index (Phi) is 5.07. The van der Waals surface area contributed by atoms with E-state index in [0.29, 0.717) is 10.0 Å². The SMILES string of the molecule is O=C(O)/C=C/c1cc(Br)cc(OC(F)F)c1Br. The summed E-state index contributed by atoms with van der Waals surface area (Å²) in [5, 5.41) is 8.48. The van der Waals surface area contributed by atoms with Crippen molar-refractivity contribution < 1.29 is 23.4 Å². The predicted octanol–water partition coefficient (Wildman–Crippen LogP) is 3.91. The van der Waals surface area contributed by atoms with Gasteiger partial charge in [-0.2, -0.15) is 8.78 Å². The van der Waals surface area contributed by atoms with Gasteiger partial charge >= 0.3 is 12.6 Å². The summed E-state index contributed by atoms with van der Waals surface area (Å²) in [6.07, 6.45) is 2.17. The van der Waals surface area contributed by atoms with E-state index in [0.717, 1.165) is 6.08 Å². The molecule has 0 saturated heterocycles. The van der Waals surface area contributed by atoms with Crippen molar-refractivity contribution in [3.8, 4) is 5.75 Å². The van der Waals surface area contributed by atoms with Gasteiger partial charge in [-0.05, 0) is 39.7 Å². The van der Waals surface area contributed by atoms with Crippen LogP contribution in [0, 0.1) is 0 Å². The molecule has 1 N–H and O–H groups in total. The number of hydrogen-bond donors (Lipinski definition) is 1. The van der Waals surface area contributed by atoms with Crippen LogP contribution in [0.5, 0.6) is 5.75 Å². The average Bonchev–Trinajstić information content (AvgIpc) is 2.19. The topological polar surface area (TPSA) is 46.5 Å². The third-order valence-corrected chi connectivity index (χ3v) is 2.96. The van der Waals surface area contributed by atoms with E-state index >= 15 is 0 Å². The number of hydrogen-bond acceptors (Lipinski definition) is 2. The van der Waals surface area contributed by atoms with E-state index in [1.807, 2.05) is 0 Å². The number of rotatable bonds is 4. The third kappa shape index (κ3) is 4.43. The molecular formula is C10H6Br2F2O3. The Bertz CT molecular complexity index is 461. The van der Waals surface area contributed by atoms with Gasteiger partial charge in [-0.3, -0.25) is 0 Å². The Morgan fingerprint density at radius 1 is 1.41 bits per heavy atom. The molecule has 0 radical (unpaired) electrons. The van der Waals surface area contributed by atoms with Crippen molar-refractivity contribution in [2.24, 2.45) is 0 Å². The number of carboxylic acid groups (broad SMARTS) is 1. The number of halogens is 4. The summed E-state index contributed by atoms with van der Waals surface area (Å²) in [5.41, 5.74) is 0.414. The molecule has 92 valence electrons. The first-order valence-electron chi connectivity index (χ1n) is 4.25. The zero-order valence-electron chi connectivity index (χ0n) is 8.16. The summed E-state index contributed by atoms with van der Waals surface area (Å²) >= 11 is 6.19. The van der Waals surface area contributed by atoms with Crippen molar-refractivity contribution in [3.05, 3.63) is 32.7 Å². The first kappa shape index (κ1) is 14.1. The average molecular weight is 372 g/mol. The summed E-state index contributed by atoms with van der Waals surface area (Å²) in [7, 11) is 0. The van der Waals surface area contributed by atoms with Crippen LogP contribution in [0.3, 0.4) is 0 Å². The van der Waals surface area contributed by atoms with Crippen LogP contribution in [0.2, 0.25) is 0 Å². The second-order valence-corrected chi connectivity index (χ2v) is 4.57. The lowest BCUT2D eigenvalue weighted by atomic mass is 10.2. The molecule has 0 bridgehead atoms. The molecule has 0 saturated carbocycles. The Balaban J connectivity index is 3.14. The highest BCUT2D eigenvalue weighted by molar-refractivity contribution is 9.11. The molecule has 0 spiro atoms. The summed E-state index contributed by atoms with van der Waals surface area (Å²) in [4.78, 5) is 10.4. The van der Waals surface area contributed by atoms with Crippen molar-refractivity contribution in [1.82, 2.24) is 0 Å². The van der Waals surface area contributed by atoms with Gasteiger partial charge in [-0.15, -0.1) is 0 Å². The van der Waals surface area contributed by atoms with E-state index in [1.165, 1.54) is 12.1 Å². The molecule has 0 aromatic heterocycles. The molecule has 0 aliphatic rings. The minimum atomic E-state index is -2.95. The van der Waals surface area contributed by atoms with Gasteiger partial charge in [0.15, 0.2) is 0 Å². The molecule has 0 fully saturated rings. The predicted molar refractivity (Wildman–Crippen MR) is 65.1 cm³/mol. The van der Waals surface area contributed by atoms with Gasteiger partial charge in [0.1, 0.15) is 5.75 Å².